The van der Waals surface area contributed by atoms with E-state index in [1.54, 1.807) is 19.2 Å². The largest absolute Gasteiger partial charge is 0.339 e. The molecule has 6 rings (SSSR count). The Hall–Kier alpha value is -4.22. The Morgan fingerprint density at radius 1 is 1.05 bits per heavy atom. The highest BCUT2D eigenvalue weighted by Gasteiger charge is 2.20. The van der Waals surface area contributed by atoms with E-state index in [-0.39, 0.29) is 11.7 Å². The van der Waals surface area contributed by atoms with Crippen molar-refractivity contribution in [1.29, 1.82) is 0 Å². The number of likely N-dealkylation sites (tertiary alicyclic amines) is 1. The Bertz CT molecular complexity index is 1640. The van der Waals surface area contributed by atoms with Crippen LogP contribution in [-0.4, -0.2) is 48.6 Å². The van der Waals surface area contributed by atoms with Crippen LogP contribution in [0.15, 0.2) is 61.2 Å². The van der Waals surface area contributed by atoms with Crippen LogP contribution in [0.5, 0.6) is 0 Å². The van der Waals surface area contributed by atoms with Gasteiger partial charge in [-0.15, -0.1) is 11.3 Å². The molecule has 198 valence electrons. The Morgan fingerprint density at radius 2 is 1.92 bits per heavy atom. The first-order chi connectivity index (χ1) is 19.0. The molecule has 1 saturated heterocycles. The van der Waals surface area contributed by atoms with Crippen molar-refractivity contribution in [1.82, 2.24) is 29.6 Å². The lowest BCUT2D eigenvalue weighted by Crippen LogP contribution is -2.17. The van der Waals surface area contributed by atoms with E-state index in [0.717, 1.165) is 46.7 Å². The number of carbonyl (C=O) groups excluding carboxylic acids is 1. The Kier molecular flexibility index (Phi) is 6.99. The van der Waals surface area contributed by atoms with Gasteiger partial charge in [0.2, 0.25) is 0 Å². The van der Waals surface area contributed by atoms with E-state index in [2.05, 4.69) is 35.6 Å². The van der Waals surface area contributed by atoms with Gasteiger partial charge in [-0.3, -0.25) is 19.7 Å². The van der Waals surface area contributed by atoms with Crippen LogP contribution >= 0.6 is 11.3 Å². The molecule has 0 unspecified atom stereocenters. The molecule has 1 aliphatic heterocycles. The van der Waals surface area contributed by atoms with Gasteiger partial charge >= 0.3 is 0 Å². The van der Waals surface area contributed by atoms with E-state index < -0.39 is 0 Å². The number of nitrogens with zero attached hydrogens (tertiary/aromatic N) is 6. The molecule has 5 aromatic rings. The number of halogens is 1. The quantitative estimate of drug-likeness (QED) is 0.272. The molecular formula is C28H27FN8OS. The molecule has 0 radical (unpaired) electrons. The van der Waals surface area contributed by atoms with Crippen LogP contribution in [0.3, 0.4) is 0 Å². The zero-order chi connectivity index (χ0) is 26.8. The molecule has 0 spiro atoms. The monoisotopic (exact) mass is 542 g/mol. The number of nitrogens with one attached hydrogen (secondary N) is 2. The van der Waals surface area contributed by atoms with E-state index in [1.165, 1.54) is 42.6 Å². The number of rotatable bonds is 8. The van der Waals surface area contributed by atoms with E-state index in [4.69, 9.17) is 0 Å². The van der Waals surface area contributed by atoms with E-state index in [9.17, 15) is 9.18 Å². The Morgan fingerprint density at radius 3 is 2.77 bits per heavy atom. The van der Waals surface area contributed by atoms with Gasteiger partial charge in [0.25, 0.3) is 5.91 Å². The molecule has 0 atom stereocenters. The van der Waals surface area contributed by atoms with Crippen molar-refractivity contribution in [3.05, 3.63) is 88.7 Å². The fourth-order valence-electron chi connectivity index (χ4n) is 4.84. The molecule has 0 saturated carbocycles. The molecule has 0 aliphatic carbocycles. The number of benzene rings is 2. The number of fused-ring (bicyclic) bond motifs is 1. The Balaban J connectivity index is 1.19. The Labute approximate surface area is 228 Å². The van der Waals surface area contributed by atoms with Gasteiger partial charge in [-0.25, -0.2) is 19.3 Å². The molecular weight excluding hydrogens is 515 g/mol. The van der Waals surface area contributed by atoms with Crippen LogP contribution < -0.4 is 10.6 Å². The van der Waals surface area contributed by atoms with E-state index in [1.807, 2.05) is 35.1 Å². The third-order valence-electron chi connectivity index (χ3n) is 6.74. The SMILES string of the molecule is Cc1ncnc(Nc2ccc3c(cnn3Cc3cccc(F)c3)c2)c1C(=O)Nc1ncc(CN2CCCC2)s1. The van der Waals surface area contributed by atoms with Gasteiger partial charge in [0.1, 0.15) is 23.5 Å². The lowest BCUT2D eigenvalue weighted by Gasteiger charge is -2.13. The summed E-state index contributed by atoms with van der Waals surface area (Å²) in [6, 6.07) is 12.3. The van der Waals surface area contributed by atoms with Gasteiger partial charge in [-0.1, -0.05) is 12.1 Å². The predicted molar refractivity (Wildman–Crippen MR) is 150 cm³/mol. The molecule has 2 aromatic carbocycles. The highest BCUT2D eigenvalue weighted by atomic mass is 32.1. The second kappa shape index (κ2) is 10.9. The highest BCUT2D eigenvalue weighted by molar-refractivity contribution is 7.15. The minimum absolute atomic E-state index is 0.271. The van der Waals surface area contributed by atoms with Gasteiger partial charge < -0.3 is 5.32 Å². The smallest absolute Gasteiger partial charge is 0.263 e. The third-order valence-corrected chi connectivity index (χ3v) is 7.64. The van der Waals surface area contributed by atoms with Crippen molar-refractivity contribution < 1.29 is 9.18 Å². The second-order valence-electron chi connectivity index (χ2n) is 9.58. The van der Waals surface area contributed by atoms with Crippen LogP contribution in [0.4, 0.5) is 21.0 Å². The number of hydrogen-bond acceptors (Lipinski definition) is 8. The van der Waals surface area contributed by atoms with Crippen molar-refractivity contribution >= 4 is 44.8 Å². The maximum Gasteiger partial charge on any atom is 0.263 e. The normalized spacial score (nSPS) is 13.7. The lowest BCUT2D eigenvalue weighted by atomic mass is 10.2. The molecule has 1 fully saturated rings. The van der Waals surface area contributed by atoms with Crippen LogP contribution in [0.1, 0.15) is 39.3 Å². The van der Waals surface area contributed by atoms with Crippen LogP contribution in [0.25, 0.3) is 10.9 Å². The molecule has 1 amide bonds. The number of hydrogen-bond donors (Lipinski definition) is 2. The average molecular weight is 543 g/mol. The minimum atomic E-state index is -0.318. The zero-order valence-corrected chi connectivity index (χ0v) is 22.2. The number of amides is 1. The first kappa shape index (κ1) is 25.1. The van der Waals surface area contributed by atoms with Gasteiger partial charge in [0, 0.05) is 28.7 Å². The second-order valence-corrected chi connectivity index (χ2v) is 10.7. The number of thiazole rings is 1. The van der Waals surface area contributed by atoms with Gasteiger partial charge in [0.15, 0.2) is 5.13 Å². The fourth-order valence-corrected chi connectivity index (χ4v) is 5.69. The van der Waals surface area contributed by atoms with Crippen LogP contribution in [-0.2, 0) is 13.1 Å². The summed E-state index contributed by atoms with van der Waals surface area (Å²) in [6.07, 6.45) is 7.49. The van der Waals surface area contributed by atoms with Crippen molar-refractivity contribution in [3.63, 3.8) is 0 Å². The summed E-state index contributed by atoms with van der Waals surface area (Å²) in [5.41, 5.74) is 3.41. The molecule has 9 nitrogen and oxygen atoms in total. The van der Waals surface area contributed by atoms with Crippen molar-refractivity contribution in [3.8, 4) is 0 Å². The fraction of sp³-hybridized carbons (Fsp3) is 0.250. The van der Waals surface area contributed by atoms with E-state index >= 15 is 0 Å². The molecule has 3 aromatic heterocycles. The molecule has 4 heterocycles. The van der Waals surface area contributed by atoms with Crippen molar-refractivity contribution in [2.45, 2.75) is 32.9 Å². The maximum absolute atomic E-state index is 13.6. The van der Waals surface area contributed by atoms with Crippen LogP contribution in [0, 0.1) is 12.7 Å². The summed E-state index contributed by atoms with van der Waals surface area (Å²) in [4.78, 5) is 29.8. The number of anilines is 3. The summed E-state index contributed by atoms with van der Waals surface area (Å²) in [7, 11) is 0. The zero-order valence-electron chi connectivity index (χ0n) is 21.4. The topological polar surface area (TPSA) is 101 Å². The first-order valence-electron chi connectivity index (χ1n) is 12.8. The summed E-state index contributed by atoms with van der Waals surface area (Å²) < 4.78 is 15.4. The van der Waals surface area contributed by atoms with Gasteiger partial charge in [-0.2, -0.15) is 5.10 Å². The summed E-state index contributed by atoms with van der Waals surface area (Å²) in [6.45, 7) is 5.31. The molecule has 0 bridgehead atoms. The minimum Gasteiger partial charge on any atom is -0.339 e. The standard InChI is InChI=1S/C28H27FN8OS/c1-18-25(27(38)35-28-30-14-23(39-28)16-36-9-2-3-10-36)26(32-17-31-18)34-22-7-8-24-20(12-22)13-33-37(24)15-19-5-4-6-21(29)11-19/h4-8,11-14,17H,2-3,9-10,15-16H2,1H3,(H,30,35,38)(H,31,32,34). The third kappa shape index (κ3) is 5.64. The van der Waals surface area contributed by atoms with Crippen LogP contribution in [0.2, 0.25) is 0 Å². The molecule has 2 N–H and O–H groups in total. The molecule has 1 aliphatic rings. The first-order valence-corrected chi connectivity index (χ1v) is 13.6. The van der Waals surface area contributed by atoms with Crippen molar-refractivity contribution in [2.24, 2.45) is 0 Å². The van der Waals surface area contributed by atoms with E-state index in [0.29, 0.717) is 28.8 Å². The lowest BCUT2D eigenvalue weighted by molar-refractivity contribution is 0.102. The maximum atomic E-state index is 13.6. The average Bonchev–Trinajstić information content (AvgIpc) is 3.67. The summed E-state index contributed by atoms with van der Waals surface area (Å²) in [5.74, 6) is -0.185. The summed E-state index contributed by atoms with van der Waals surface area (Å²) >= 11 is 1.49. The molecule has 39 heavy (non-hydrogen) atoms. The van der Waals surface area contributed by atoms with Crippen molar-refractivity contribution in [2.75, 3.05) is 23.7 Å². The highest BCUT2D eigenvalue weighted by Crippen LogP contribution is 2.27. The number of aryl methyl sites for hydroxylation is 1. The van der Waals surface area contributed by atoms with Gasteiger partial charge in [0.05, 0.1) is 24.0 Å². The predicted octanol–water partition coefficient (Wildman–Crippen LogP) is 5.37. The molecule has 11 heteroatoms. The van der Waals surface area contributed by atoms with Gasteiger partial charge in [-0.05, 0) is 68.8 Å². The summed E-state index contributed by atoms with van der Waals surface area (Å²) in [5, 5.41) is 12.1. The number of aromatic nitrogens is 5. The number of carbonyl (C=O) groups is 1.